The van der Waals surface area contributed by atoms with Gasteiger partial charge in [0.1, 0.15) is 13.2 Å². The number of hydrogen-bond acceptors (Lipinski definition) is 6. The first-order valence-corrected chi connectivity index (χ1v) is 8.67. The first-order valence-electron chi connectivity index (χ1n) is 8.67. The van der Waals surface area contributed by atoms with Gasteiger partial charge in [-0.25, -0.2) is 4.79 Å². The number of rotatable bonds is 10. The summed E-state index contributed by atoms with van der Waals surface area (Å²) in [5.74, 6) is 0.427. The van der Waals surface area contributed by atoms with E-state index in [0.717, 1.165) is 5.56 Å². The molecule has 0 unspecified atom stereocenters. The van der Waals surface area contributed by atoms with Gasteiger partial charge in [-0.2, -0.15) is 0 Å². The minimum absolute atomic E-state index is 0.0152. The lowest BCUT2D eigenvalue weighted by Crippen LogP contribution is -2.27. The van der Waals surface area contributed by atoms with E-state index in [1.165, 1.54) is 6.08 Å². The van der Waals surface area contributed by atoms with Crippen molar-refractivity contribution in [2.75, 3.05) is 26.9 Å². The molecule has 0 aliphatic heterocycles. The second kappa shape index (κ2) is 10.5. The molecule has 0 bridgehead atoms. The quantitative estimate of drug-likeness (QED) is 0.359. The maximum absolute atomic E-state index is 11.8. The molecule has 0 amide bonds. The van der Waals surface area contributed by atoms with E-state index in [0.29, 0.717) is 24.5 Å². The van der Waals surface area contributed by atoms with Crippen molar-refractivity contribution in [3.8, 4) is 11.5 Å². The molecule has 0 heterocycles. The summed E-state index contributed by atoms with van der Waals surface area (Å²) in [7, 11) is 1.56. The Balaban J connectivity index is 2.47. The lowest BCUT2D eigenvalue weighted by molar-refractivity contribution is -0.157. The largest absolute Gasteiger partial charge is 0.493 e. The van der Waals surface area contributed by atoms with Crippen LogP contribution >= 0.6 is 0 Å². The Morgan fingerprint density at radius 1 is 1.08 bits per heavy atom. The number of ether oxygens (including phenoxy) is 4. The highest BCUT2D eigenvalue weighted by Gasteiger charge is 2.26. The van der Waals surface area contributed by atoms with Crippen molar-refractivity contribution in [2.45, 2.75) is 34.1 Å². The smallest absolute Gasteiger partial charge is 0.330 e. The SMILES string of the molecule is CCOc1ccc(/C=C/C(=O)OCCOC(=O)C(C)(C)CC)cc1OC. The maximum Gasteiger partial charge on any atom is 0.330 e. The molecule has 0 radical (unpaired) electrons. The van der Waals surface area contributed by atoms with Gasteiger partial charge in [-0.3, -0.25) is 4.79 Å². The Hall–Kier alpha value is -2.50. The van der Waals surface area contributed by atoms with E-state index in [9.17, 15) is 9.59 Å². The lowest BCUT2D eigenvalue weighted by atomic mass is 9.91. The molecule has 0 aliphatic carbocycles. The van der Waals surface area contributed by atoms with E-state index in [1.807, 2.05) is 33.8 Å². The zero-order chi connectivity index (χ0) is 19.6. The van der Waals surface area contributed by atoms with Gasteiger partial charge >= 0.3 is 11.9 Å². The fraction of sp³-hybridized carbons (Fsp3) is 0.500. The second-order valence-electron chi connectivity index (χ2n) is 6.22. The van der Waals surface area contributed by atoms with Crippen LogP contribution in [-0.2, 0) is 19.1 Å². The van der Waals surface area contributed by atoms with Crippen LogP contribution < -0.4 is 9.47 Å². The van der Waals surface area contributed by atoms with Crippen LogP contribution in [0, 0.1) is 5.41 Å². The molecule has 0 spiro atoms. The average Bonchev–Trinajstić information content (AvgIpc) is 2.64. The van der Waals surface area contributed by atoms with E-state index in [1.54, 1.807) is 25.3 Å². The topological polar surface area (TPSA) is 71.1 Å². The summed E-state index contributed by atoms with van der Waals surface area (Å²) in [6.07, 6.45) is 3.61. The third-order valence-electron chi connectivity index (χ3n) is 3.90. The van der Waals surface area contributed by atoms with Crippen molar-refractivity contribution in [3.05, 3.63) is 29.8 Å². The van der Waals surface area contributed by atoms with Gasteiger partial charge < -0.3 is 18.9 Å². The molecule has 1 aromatic carbocycles. The third kappa shape index (κ3) is 6.78. The Labute approximate surface area is 155 Å². The highest BCUT2D eigenvalue weighted by atomic mass is 16.6. The van der Waals surface area contributed by atoms with E-state index in [4.69, 9.17) is 18.9 Å². The molecule has 6 heteroatoms. The van der Waals surface area contributed by atoms with Gasteiger partial charge in [-0.05, 0) is 51.0 Å². The molecule has 0 aromatic heterocycles. The van der Waals surface area contributed by atoms with Crippen molar-refractivity contribution >= 4 is 18.0 Å². The molecule has 0 saturated carbocycles. The molecule has 0 aliphatic rings. The molecular formula is C20H28O6. The van der Waals surface area contributed by atoms with Gasteiger partial charge in [0.25, 0.3) is 0 Å². The first kappa shape index (κ1) is 21.5. The van der Waals surface area contributed by atoms with Crippen LogP contribution in [0.4, 0.5) is 0 Å². The molecule has 0 saturated heterocycles. The molecule has 1 aromatic rings. The van der Waals surface area contributed by atoms with Crippen molar-refractivity contribution in [1.29, 1.82) is 0 Å². The zero-order valence-electron chi connectivity index (χ0n) is 16.2. The number of esters is 2. The van der Waals surface area contributed by atoms with Crippen LogP contribution in [0.1, 0.15) is 39.7 Å². The minimum atomic E-state index is -0.531. The summed E-state index contributed by atoms with van der Waals surface area (Å²) in [4.78, 5) is 23.5. The van der Waals surface area contributed by atoms with E-state index >= 15 is 0 Å². The third-order valence-corrected chi connectivity index (χ3v) is 3.90. The van der Waals surface area contributed by atoms with Crippen LogP contribution in [-0.4, -0.2) is 38.9 Å². The van der Waals surface area contributed by atoms with Crippen LogP contribution in [0.15, 0.2) is 24.3 Å². The van der Waals surface area contributed by atoms with Crippen molar-refractivity contribution < 1.29 is 28.5 Å². The molecule has 26 heavy (non-hydrogen) atoms. The second-order valence-corrected chi connectivity index (χ2v) is 6.22. The summed E-state index contributed by atoms with van der Waals surface area (Å²) < 4.78 is 20.8. The zero-order valence-corrected chi connectivity index (χ0v) is 16.2. The van der Waals surface area contributed by atoms with Gasteiger partial charge in [0.15, 0.2) is 11.5 Å². The molecule has 0 fully saturated rings. The molecule has 0 N–H and O–H groups in total. The van der Waals surface area contributed by atoms with Gasteiger partial charge in [0.2, 0.25) is 0 Å². The summed E-state index contributed by atoms with van der Waals surface area (Å²) in [6.45, 7) is 8.04. The lowest BCUT2D eigenvalue weighted by Gasteiger charge is -2.20. The summed E-state index contributed by atoms with van der Waals surface area (Å²) in [5.41, 5.74) is 0.245. The average molecular weight is 364 g/mol. The van der Waals surface area contributed by atoms with E-state index < -0.39 is 11.4 Å². The van der Waals surface area contributed by atoms with Crippen LogP contribution in [0.2, 0.25) is 0 Å². The van der Waals surface area contributed by atoms with Gasteiger partial charge in [-0.15, -0.1) is 0 Å². The Morgan fingerprint density at radius 3 is 2.38 bits per heavy atom. The summed E-state index contributed by atoms with van der Waals surface area (Å²) in [6, 6.07) is 5.36. The van der Waals surface area contributed by atoms with Crippen LogP contribution in [0.5, 0.6) is 11.5 Å². The standard InChI is InChI=1S/C20H28O6/c1-6-20(3,4)19(22)26-13-12-25-18(21)11-9-15-8-10-16(24-7-2)17(14-15)23-5/h8-11,14H,6-7,12-13H2,1-5H3/b11-9+. The monoisotopic (exact) mass is 364 g/mol. The van der Waals surface area contributed by atoms with Crippen molar-refractivity contribution in [2.24, 2.45) is 5.41 Å². The highest BCUT2D eigenvalue weighted by Crippen LogP contribution is 2.28. The fourth-order valence-corrected chi connectivity index (χ4v) is 1.89. The summed E-state index contributed by atoms with van der Waals surface area (Å²) >= 11 is 0. The number of hydrogen-bond donors (Lipinski definition) is 0. The normalized spacial score (nSPS) is 11.3. The van der Waals surface area contributed by atoms with Crippen LogP contribution in [0.3, 0.4) is 0 Å². The van der Waals surface area contributed by atoms with Crippen molar-refractivity contribution in [3.63, 3.8) is 0 Å². The van der Waals surface area contributed by atoms with Crippen molar-refractivity contribution in [1.82, 2.24) is 0 Å². The van der Waals surface area contributed by atoms with Crippen LogP contribution in [0.25, 0.3) is 6.08 Å². The Kier molecular flexibility index (Phi) is 8.68. The molecule has 1 rings (SSSR count). The predicted molar refractivity (Wildman–Crippen MR) is 99.2 cm³/mol. The van der Waals surface area contributed by atoms with E-state index in [2.05, 4.69) is 0 Å². The molecule has 6 nitrogen and oxygen atoms in total. The Bertz CT molecular complexity index is 633. The number of carbonyl (C=O) groups excluding carboxylic acids is 2. The molecule has 144 valence electrons. The molecular weight excluding hydrogens is 336 g/mol. The molecule has 0 atom stereocenters. The summed E-state index contributed by atoms with van der Waals surface area (Å²) in [5, 5.41) is 0. The van der Waals surface area contributed by atoms with Gasteiger partial charge in [0.05, 0.1) is 19.1 Å². The number of benzene rings is 1. The number of methoxy groups -OCH3 is 1. The maximum atomic E-state index is 11.8. The fourth-order valence-electron chi connectivity index (χ4n) is 1.89. The van der Waals surface area contributed by atoms with Gasteiger partial charge in [0, 0.05) is 6.08 Å². The Morgan fingerprint density at radius 2 is 1.77 bits per heavy atom. The minimum Gasteiger partial charge on any atom is -0.493 e. The number of carbonyl (C=O) groups is 2. The van der Waals surface area contributed by atoms with Gasteiger partial charge in [-0.1, -0.05) is 13.0 Å². The van der Waals surface area contributed by atoms with E-state index in [-0.39, 0.29) is 19.2 Å². The first-order chi connectivity index (χ1) is 12.3. The predicted octanol–water partition coefficient (Wildman–Crippen LogP) is 3.63. The highest BCUT2D eigenvalue weighted by molar-refractivity contribution is 5.87.